The zero-order chi connectivity index (χ0) is 12.4. The summed E-state index contributed by atoms with van der Waals surface area (Å²) >= 11 is 0. The number of nitrogens with one attached hydrogen (secondary N) is 2. The Kier molecular flexibility index (Phi) is 2.99. The topological polar surface area (TPSA) is 67.4 Å². The number of carbonyl (C=O) groups excluding carboxylic acids is 2. The normalized spacial score (nSPS) is 17.8. The molecule has 1 aromatic rings. The molecule has 0 saturated carbocycles. The molecule has 0 bridgehead atoms. The summed E-state index contributed by atoms with van der Waals surface area (Å²) in [7, 11) is 1.33. The van der Waals surface area contributed by atoms with Gasteiger partial charge in [-0.15, -0.1) is 0 Å². The number of rotatable bonds is 2. The van der Waals surface area contributed by atoms with Crippen molar-refractivity contribution in [3.63, 3.8) is 0 Å². The minimum atomic E-state index is -0.417. The summed E-state index contributed by atoms with van der Waals surface area (Å²) in [6.45, 7) is 1.94. The molecule has 0 fully saturated rings. The van der Waals surface area contributed by atoms with E-state index in [9.17, 15) is 9.59 Å². The Morgan fingerprint density at radius 2 is 2.18 bits per heavy atom. The van der Waals surface area contributed by atoms with E-state index in [0.717, 1.165) is 5.69 Å². The molecule has 1 unspecified atom stereocenters. The zero-order valence-electron chi connectivity index (χ0n) is 9.74. The lowest BCUT2D eigenvalue weighted by molar-refractivity contribution is -0.117. The van der Waals surface area contributed by atoms with Gasteiger partial charge in [0.1, 0.15) is 6.04 Å². The highest BCUT2D eigenvalue weighted by atomic mass is 16.5. The van der Waals surface area contributed by atoms with Crippen molar-refractivity contribution in [2.75, 3.05) is 17.7 Å². The van der Waals surface area contributed by atoms with Gasteiger partial charge in [-0.2, -0.15) is 0 Å². The van der Waals surface area contributed by atoms with E-state index in [4.69, 9.17) is 0 Å². The smallest absolute Gasteiger partial charge is 0.337 e. The van der Waals surface area contributed by atoms with Crippen molar-refractivity contribution in [3.05, 3.63) is 23.8 Å². The molecule has 0 aromatic heterocycles. The highest BCUT2D eigenvalue weighted by Gasteiger charge is 2.24. The van der Waals surface area contributed by atoms with E-state index < -0.39 is 5.97 Å². The third-order valence-corrected chi connectivity index (χ3v) is 2.75. The molecule has 1 atom stereocenters. The third kappa shape index (κ3) is 2.08. The summed E-state index contributed by atoms with van der Waals surface area (Å²) in [4.78, 5) is 23.0. The van der Waals surface area contributed by atoms with Crippen LogP contribution in [0.5, 0.6) is 0 Å². The molecule has 90 valence electrons. The second kappa shape index (κ2) is 4.45. The number of benzene rings is 1. The molecule has 0 aliphatic carbocycles. The number of fused-ring (bicyclic) bond motifs is 1. The van der Waals surface area contributed by atoms with Crippen LogP contribution in [0, 0.1) is 0 Å². The third-order valence-electron chi connectivity index (χ3n) is 2.75. The summed E-state index contributed by atoms with van der Waals surface area (Å²) in [6, 6.07) is 4.83. The van der Waals surface area contributed by atoms with Crippen LogP contribution in [0.25, 0.3) is 0 Å². The Morgan fingerprint density at radius 1 is 1.41 bits per heavy atom. The minimum Gasteiger partial charge on any atom is -0.465 e. The maximum absolute atomic E-state index is 11.6. The number of hydrogen-bond donors (Lipinski definition) is 2. The Balaban J connectivity index is 2.32. The Hall–Kier alpha value is -2.04. The molecule has 1 heterocycles. The highest BCUT2D eigenvalue weighted by Crippen LogP contribution is 2.28. The number of hydrogen-bond acceptors (Lipinski definition) is 4. The van der Waals surface area contributed by atoms with Crippen molar-refractivity contribution in [1.82, 2.24) is 0 Å². The second-order valence-electron chi connectivity index (χ2n) is 3.85. The fourth-order valence-electron chi connectivity index (χ4n) is 1.78. The van der Waals surface area contributed by atoms with Gasteiger partial charge in [0.2, 0.25) is 5.91 Å². The molecule has 2 rings (SSSR count). The average molecular weight is 234 g/mol. The van der Waals surface area contributed by atoms with Gasteiger partial charge in [-0.3, -0.25) is 4.79 Å². The van der Waals surface area contributed by atoms with Gasteiger partial charge in [0.05, 0.1) is 24.0 Å². The average Bonchev–Trinajstić information content (AvgIpc) is 2.36. The first-order valence-corrected chi connectivity index (χ1v) is 5.45. The molecule has 1 amide bonds. The number of amides is 1. The quantitative estimate of drug-likeness (QED) is 0.763. The predicted molar refractivity (Wildman–Crippen MR) is 64.1 cm³/mol. The number of anilines is 2. The molecule has 1 aliphatic heterocycles. The minimum absolute atomic E-state index is 0.0815. The van der Waals surface area contributed by atoms with Crippen LogP contribution in [0.2, 0.25) is 0 Å². The maximum Gasteiger partial charge on any atom is 0.337 e. The molecule has 0 spiro atoms. The molecule has 2 N–H and O–H groups in total. The van der Waals surface area contributed by atoms with Crippen molar-refractivity contribution >= 4 is 23.3 Å². The number of ether oxygens (including phenoxy) is 1. The number of methoxy groups -OCH3 is 1. The van der Waals surface area contributed by atoms with Crippen LogP contribution >= 0.6 is 0 Å². The van der Waals surface area contributed by atoms with Gasteiger partial charge in [0.25, 0.3) is 0 Å². The molecule has 5 nitrogen and oxygen atoms in total. The summed E-state index contributed by atoms with van der Waals surface area (Å²) in [5, 5.41) is 5.89. The Bertz CT molecular complexity index is 471. The van der Waals surface area contributed by atoms with E-state index in [2.05, 4.69) is 15.4 Å². The fourth-order valence-corrected chi connectivity index (χ4v) is 1.78. The maximum atomic E-state index is 11.6. The van der Waals surface area contributed by atoms with Gasteiger partial charge in [-0.1, -0.05) is 6.92 Å². The molecule has 17 heavy (non-hydrogen) atoms. The van der Waals surface area contributed by atoms with Crippen LogP contribution in [0.3, 0.4) is 0 Å². The largest absolute Gasteiger partial charge is 0.465 e. The summed E-state index contributed by atoms with van der Waals surface area (Å²) in [6.07, 6.45) is 0.712. The van der Waals surface area contributed by atoms with Crippen LogP contribution in [-0.2, 0) is 9.53 Å². The Morgan fingerprint density at radius 3 is 2.82 bits per heavy atom. The lowest BCUT2D eigenvalue weighted by atomic mass is 10.1. The molecule has 1 aromatic carbocycles. The van der Waals surface area contributed by atoms with Crippen molar-refractivity contribution in [1.29, 1.82) is 0 Å². The van der Waals surface area contributed by atoms with E-state index in [1.807, 2.05) is 6.92 Å². The molecular formula is C12H14N2O3. The van der Waals surface area contributed by atoms with Gasteiger partial charge in [-0.25, -0.2) is 4.79 Å². The fraction of sp³-hybridized carbons (Fsp3) is 0.333. The first kappa shape index (κ1) is 11.4. The second-order valence-corrected chi connectivity index (χ2v) is 3.85. The predicted octanol–water partition coefficient (Wildman–Crippen LogP) is 1.62. The van der Waals surface area contributed by atoms with Gasteiger partial charge in [0, 0.05) is 0 Å². The molecule has 0 radical (unpaired) electrons. The van der Waals surface area contributed by atoms with Crippen LogP contribution in [0.4, 0.5) is 11.4 Å². The highest BCUT2D eigenvalue weighted by molar-refractivity contribution is 6.04. The molecule has 5 heteroatoms. The van der Waals surface area contributed by atoms with Crippen LogP contribution in [0.15, 0.2) is 18.2 Å². The summed E-state index contributed by atoms with van der Waals surface area (Å²) in [5.74, 6) is -0.498. The van der Waals surface area contributed by atoms with E-state index in [-0.39, 0.29) is 11.9 Å². The van der Waals surface area contributed by atoms with E-state index in [0.29, 0.717) is 17.7 Å². The number of carbonyl (C=O) groups is 2. The van der Waals surface area contributed by atoms with Gasteiger partial charge in [0.15, 0.2) is 0 Å². The SMILES string of the molecule is CCC1Nc2ccc(C(=O)OC)cc2NC1=O. The Labute approximate surface area is 99.2 Å². The zero-order valence-corrected chi connectivity index (χ0v) is 9.74. The van der Waals surface area contributed by atoms with Gasteiger partial charge >= 0.3 is 5.97 Å². The lowest BCUT2D eigenvalue weighted by Gasteiger charge is -2.26. The molecule has 0 saturated heterocycles. The first-order valence-electron chi connectivity index (χ1n) is 5.45. The summed E-state index contributed by atoms with van der Waals surface area (Å²) < 4.78 is 4.62. The van der Waals surface area contributed by atoms with Crippen LogP contribution < -0.4 is 10.6 Å². The number of esters is 1. The van der Waals surface area contributed by atoms with Crippen molar-refractivity contribution in [3.8, 4) is 0 Å². The van der Waals surface area contributed by atoms with Crippen molar-refractivity contribution in [2.45, 2.75) is 19.4 Å². The summed E-state index contributed by atoms with van der Waals surface area (Å²) in [5.41, 5.74) is 1.86. The van der Waals surface area contributed by atoms with E-state index in [1.54, 1.807) is 18.2 Å². The van der Waals surface area contributed by atoms with E-state index >= 15 is 0 Å². The molecular weight excluding hydrogens is 220 g/mol. The monoisotopic (exact) mass is 234 g/mol. The lowest BCUT2D eigenvalue weighted by Crippen LogP contribution is -2.38. The van der Waals surface area contributed by atoms with Crippen LogP contribution in [-0.4, -0.2) is 25.0 Å². The standard InChI is InChI=1S/C12H14N2O3/c1-3-8-11(15)14-10-6-7(12(16)17-2)4-5-9(10)13-8/h4-6,8,13H,3H2,1-2H3,(H,14,15). The van der Waals surface area contributed by atoms with Gasteiger partial charge in [-0.05, 0) is 24.6 Å². The first-order chi connectivity index (χ1) is 8.15. The molecule has 1 aliphatic rings. The van der Waals surface area contributed by atoms with Crippen molar-refractivity contribution in [2.24, 2.45) is 0 Å². The van der Waals surface area contributed by atoms with Crippen LogP contribution in [0.1, 0.15) is 23.7 Å². The van der Waals surface area contributed by atoms with E-state index in [1.165, 1.54) is 7.11 Å². The van der Waals surface area contributed by atoms with Crippen molar-refractivity contribution < 1.29 is 14.3 Å². The van der Waals surface area contributed by atoms with Gasteiger partial charge < -0.3 is 15.4 Å².